The number of carbonyl (C=O) groups is 1. The minimum atomic E-state index is -0.799. The zero-order chi connectivity index (χ0) is 10.6. The first-order valence-corrected chi connectivity index (χ1v) is 4.39. The molecule has 1 atom stereocenters. The van der Waals surface area contributed by atoms with E-state index in [0.29, 0.717) is 5.69 Å². The number of nitrogens with zero attached hydrogens (tertiary/aromatic N) is 1. The quantitative estimate of drug-likeness (QED) is 0.733. The summed E-state index contributed by atoms with van der Waals surface area (Å²) in [7, 11) is 0. The molecule has 4 nitrogen and oxygen atoms in total. The molecule has 1 amide bonds. The van der Waals surface area contributed by atoms with Gasteiger partial charge in [-0.3, -0.25) is 9.78 Å². The molecule has 1 aromatic heterocycles. The Bertz CT molecular complexity index is 313. The van der Waals surface area contributed by atoms with E-state index in [1.165, 1.54) is 6.92 Å². The lowest BCUT2D eigenvalue weighted by Crippen LogP contribution is -2.45. The number of rotatable bonds is 3. The van der Waals surface area contributed by atoms with Crippen LogP contribution in [0.4, 0.5) is 0 Å². The second-order valence-electron chi connectivity index (χ2n) is 3.39. The largest absolute Gasteiger partial charge is 0.394 e. The molecule has 0 spiro atoms. The minimum absolute atomic E-state index is 0.177. The third-order valence-corrected chi connectivity index (χ3v) is 2.00. The predicted octanol–water partition coefficient (Wildman–Crippen LogP) is 0.425. The van der Waals surface area contributed by atoms with Crippen LogP contribution in [0.25, 0.3) is 0 Å². The van der Waals surface area contributed by atoms with Crippen LogP contribution in [-0.4, -0.2) is 22.6 Å². The fourth-order valence-corrected chi connectivity index (χ4v) is 1.26. The average molecular weight is 194 g/mol. The number of hydrogen-bond donors (Lipinski definition) is 2. The summed E-state index contributed by atoms with van der Waals surface area (Å²) < 4.78 is 0. The van der Waals surface area contributed by atoms with Gasteiger partial charge in [0, 0.05) is 13.1 Å². The topological polar surface area (TPSA) is 62.2 Å². The molecule has 0 bridgehead atoms. The van der Waals surface area contributed by atoms with Gasteiger partial charge in [-0.25, -0.2) is 0 Å². The maximum atomic E-state index is 10.9. The van der Waals surface area contributed by atoms with Crippen molar-refractivity contribution in [1.82, 2.24) is 10.3 Å². The molecule has 1 heterocycles. The highest BCUT2D eigenvalue weighted by molar-refractivity contribution is 5.74. The Kier molecular flexibility index (Phi) is 3.19. The third kappa shape index (κ3) is 2.29. The summed E-state index contributed by atoms with van der Waals surface area (Å²) in [5.74, 6) is -0.188. The lowest BCUT2D eigenvalue weighted by Gasteiger charge is -2.27. The molecule has 14 heavy (non-hydrogen) atoms. The SMILES string of the molecule is CC(=O)N[C@@](C)(CO)c1ccccn1. The number of aromatic nitrogens is 1. The van der Waals surface area contributed by atoms with E-state index in [9.17, 15) is 9.90 Å². The average Bonchev–Trinajstić information content (AvgIpc) is 2.18. The van der Waals surface area contributed by atoms with Crippen molar-refractivity contribution in [2.45, 2.75) is 19.4 Å². The first kappa shape index (κ1) is 10.7. The summed E-state index contributed by atoms with van der Waals surface area (Å²) in [6, 6.07) is 5.37. The maximum Gasteiger partial charge on any atom is 0.217 e. The molecule has 0 saturated heterocycles. The van der Waals surface area contributed by atoms with Crippen molar-refractivity contribution in [2.24, 2.45) is 0 Å². The van der Waals surface area contributed by atoms with Gasteiger partial charge in [0.2, 0.25) is 5.91 Å². The van der Waals surface area contributed by atoms with Gasteiger partial charge < -0.3 is 10.4 Å². The Morgan fingerprint density at radius 3 is 2.79 bits per heavy atom. The van der Waals surface area contributed by atoms with Crippen molar-refractivity contribution < 1.29 is 9.90 Å². The van der Waals surface area contributed by atoms with Gasteiger partial charge in [0.05, 0.1) is 12.3 Å². The van der Waals surface area contributed by atoms with Gasteiger partial charge >= 0.3 is 0 Å². The summed E-state index contributed by atoms with van der Waals surface area (Å²) in [6.07, 6.45) is 1.63. The van der Waals surface area contributed by atoms with E-state index in [0.717, 1.165) is 0 Å². The molecule has 1 rings (SSSR count). The molecule has 2 N–H and O–H groups in total. The molecule has 0 aromatic carbocycles. The molecule has 0 aliphatic carbocycles. The van der Waals surface area contributed by atoms with Crippen LogP contribution in [0.2, 0.25) is 0 Å². The smallest absolute Gasteiger partial charge is 0.217 e. The molecule has 76 valence electrons. The fourth-order valence-electron chi connectivity index (χ4n) is 1.26. The summed E-state index contributed by atoms with van der Waals surface area (Å²) in [6.45, 7) is 2.97. The Morgan fingerprint density at radius 2 is 2.36 bits per heavy atom. The fraction of sp³-hybridized carbons (Fsp3) is 0.400. The highest BCUT2D eigenvalue weighted by Gasteiger charge is 2.27. The molecule has 0 fully saturated rings. The zero-order valence-electron chi connectivity index (χ0n) is 8.32. The van der Waals surface area contributed by atoms with Gasteiger partial charge in [0.25, 0.3) is 0 Å². The first-order chi connectivity index (χ1) is 6.58. The van der Waals surface area contributed by atoms with Crippen LogP contribution in [0.1, 0.15) is 19.5 Å². The van der Waals surface area contributed by atoms with E-state index in [4.69, 9.17) is 0 Å². The normalized spacial score (nSPS) is 14.5. The number of amides is 1. The lowest BCUT2D eigenvalue weighted by atomic mass is 9.98. The Morgan fingerprint density at radius 1 is 1.64 bits per heavy atom. The summed E-state index contributed by atoms with van der Waals surface area (Å²) in [5.41, 5.74) is -0.148. The van der Waals surface area contributed by atoms with Crippen molar-refractivity contribution in [3.8, 4) is 0 Å². The van der Waals surface area contributed by atoms with E-state index in [1.807, 2.05) is 6.07 Å². The summed E-state index contributed by atoms with van der Waals surface area (Å²) in [4.78, 5) is 15.0. The van der Waals surface area contributed by atoms with Crippen LogP contribution in [0, 0.1) is 0 Å². The van der Waals surface area contributed by atoms with E-state index in [-0.39, 0.29) is 12.5 Å². The second kappa shape index (κ2) is 4.19. The van der Waals surface area contributed by atoms with Crippen LogP contribution >= 0.6 is 0 Å². The van der Waals surface area contributed by atoms with Crippen LogP contribution < -0.4 is 5.32 Å². The standard InChI is InChI=1S/C10H14N2O2/c1-8(14)12-10(2,7-13)9-5-3-4-6-11-9/h3-6,13H,7H2,1-2H3,(H,12,14)/t10-/m0/s1. The molecule has 4 heteroatoms. The summed E-state index contributed by atoms with van der Waals surface area (Å²) in [5, 5.41) is 11.9. The van der Waals surface area contributed by atoms with E-state index >= 15 is 0 Å². The lowest BCUT2D eigenvalue weighted by molar-refractivity contribution is -0.121. The van der Waals surface area contributed by atoms with Gasteiger partial charge in [0.15, 0.2) is 0 Å². The molecule has 0 unspecified atom stereocenters. The Labute approximate surface area is 83.0 Å². The van der Waals surface area contributed by atoms with Gasteiger partial charge in [-0.2, -0.15) is 0 Å². The molecular formula is C10H14N2O2. The molecule has 1 aromatic rings. The van der Waals surface area contributed by atoms with Crippen molar-refractivity contribution in [3.63, 3.8) is 0 Å². The number of aliphatic hydroxyl groups excluding tert-OH is 1. The number of aliphatic hydroxyl groups is 1. The van der Waals surface area contributed by atoms with Gasteiger partial charge in [0.1, 0.15) is 5.54 Å². The third-order valence-electron chi connectivity index (χ3n) is 2.00. The monoisotopic (exact) mass is 194 g/mol. The highest BCUT2D eigenvalue weighted by Crippen LogP contribution is 2.16. The van der Waals surface area contributed by atoms with Crippen molar-refractivity contribution in [2.75, 3.05) is 6.61 Å². The van der Waals surface area contributed by atoms with Crippen molar-refractivity contribution in [3.05, 3.63) is 30.1 Å². The van der Waals surface area contributed by atoms with Crippen LogP contribution in [-0.2, 0) is 10.3 Å². The minimum Gasteiger partial charge on any atom is -0.394 e. The van der Waals surface area contributed by atoms with Crippen LogP contribution in [0.15, 0.2) is 24.4 Å². The van der Waals surface area contributed by atoms with Crippen LogP contribution in [0.5, 0.6) is 0 Å². The zero-order valence-corrected chi connectivity index (χ0v) is 8.32. The first-order valence-electron chi connectivity index (χ1n) is 4.39. The number of pyridine rings is 1. The van der Waals surface area contributed by atoms with E-state index in [1.54, 1.807) is 25.3 Å². The molecule has 0 aliphatic rings. The molecular weight excluding hydrogens is 180 g/mol. The Balaban J connectivity index is 2.95. The maximum absolute atomic E-state index is 10.9. The predicted molar refractivity (Wildman–Crippen MR) is 52.5 cm³/mol. The second-order valence-corrected chi connectivity index (χ2v) is 3.39. The van der Waals surface area contributed by atoms with Crippen LogP contribution in [0.3, 0.4) is 0 Å². The van der Waals surface area contributed by atoms with Gasteiger partial charge in [-0.15, -0.1) is 0 Å². The van der Waals surface area contributed by atoms with Gasteiger partial charge in [-0.05, 0) is 19.1 Å². The van der Waals surface area contributed by atoms with E-state index < -0.39 is 5.54 Å². The molecule has 0 radical (unpaired) electrons. The Hall–Kier alpha value is -1.42. The molecule has 0 aliphatic heterocycles. The van der Waals surface area contributed by atoms with Crippen molar-refractivity contribution >= 4 is 5.91 Å². The number of nitrogens with one attached hydrogen (secondary N) is 1. The van der Waals surface area contributed by atoms with Crippen molar-refractivity contribution in [1.29, 1.82) is 0 Å². The number of hydrogen-bond acceptors (Lipinski definition) is 3. The summed E-state index contributed by atoms with van der Waals surface area (Å²) >= 11 is 0. The van der Waals surface area contributed by atoms with Gasteiger partial charge in [-0.1, -0.05) is 6.07 Å². The number of carbonyl (C=O) groups excluding carboxylic acids is 1. The molecule has 0 saturated carbocycles. The van der Waals surface area contributed by atoms with E-state index in [2.05, 4.69) is 10.3 Å². The highest BCUT2D eigenvalue weighted by atomic mass is 16.3.